The molecule has 0 fully saturated rings. The van der Waals surface area contributed by atoms with Crippen molar-refractivity contribution in [2.75, 3.05) is 0 Å². The molecule has 0 aliphatic carbocycles. The lowest BCUT2D eigenvalue weighted by atomic mass is 10.1. The SMILES string of the molecule is Cc1ccc2c(C(F)(F)F)c(O)ccc2n1. The Hall–Kier alpha value is -1.78. The molecule has 0 atom stereocenters. The molecule has 84 valence electrons. The molecular weight excluding hydrogens is 219 g/mol. The molecule has 0 aliphatic rings. The van der Waals surface area contributed by atoms with Crippen molar-refractivity contribution in [3.8, 4) is 5.75 Å². The highest BCUT2D eigenvalue weighted by Crippen LogP contribution is 2.40. The highest BCUT2D eigenvalue weighted by Gasteiger charge is 2.36. The molecule has 2 nitrogen and oxygen atoms in total. The van der Waals surface area contributed by atoms with Crippen LogP contribution in [-0.4, -0.2) is 10.1 Å². The molecule has 0 radical (unpaired) electrons. The van der Waals surface area contributed by atoms with Crippen molar-refractivity contribution in [1.29, 1.82) is 0 Å². The van der Waals surface area contributed by atoms with E-state index in [0.717, 1.165) is 6.07 Å². The Morgan fingerprint density at radius 2 is 1.81 bits per heavy atom. The number of nitrogens with zero attached hydrogens (tertiary/aromatic N) is 1. The quantitative estimate of drug-likeness (QED) is 0.749. The zero-order valence-electron chi connectivity index (χ0n) is 8.34. The second kappa shape index (κ2) is 3.37. The standard InChI is InChI=1S/C11H8F3NO/c1-6-2-3-7-8(15-6)4-5-9(16)10(7)11(12,13)14/h2-5,16H,1H3. The molecule has 2 aromatic rings. The van der Waals surface area contributed by atoms with E-state index in [1.807, 2.05) is 0 Å². The number of aryl methyl sites for hydroxylation is 1. The van der Waals surface area contributed by atoms with Gasteiger partial charge in [0.2, 0.25) is 0 Å². The minimum absolute atomic E-state index is 0.0851. The van der Waals surface area contributed by atoms with Crippen LogP contribution in [0.3, 0.4) is 0 Å². The van der Waals surface area contributed by atoms with Gasteiger partial charge in [0.05, 0.1) is 5.52 Å². The van der Waals surface area contributed by atoms with E-state index in [-0.39, 0.29) is 10.9 Å². The molecule has 1 heterocycles. The van der Waals surface area contributed by atoms with Gasteiger partial charge in [-0.1, -0.05) is 6.07 Å². The average molecular weight is 227 g/mol. The van der Waals surface area contributed by atoms with Crippen molar-refractivity contribution in [3.05, 3.63) is 35.5 Å². The highest BCUT2D eigenvalue weighted by molar-refractivity contribution is 5.85. The van der Waals surface area contributed by atoms with E-state index in [1.54, 1.807) is 6.92 Å². The Morgan fingerprint density at radius 3 is 2.44 bits per heavy atom. The first-order valence-electron chi connectivity index (χ1n) is 4.56. The van der Waals surface area contributed by atoms with E-state index in [0.29, 0.717) is 5.69 Å². The summed E-state index contributed by atoms with van der Waals surface area (Å²) in [6.45, 7) is 1.69. The number of phenols is 1. The number of hydrogen-bond acceptors (Lipinski definition) is 2. The maximum absolute atomic E-state index is 12.7. The lowest BCUT2D eigenvalue weighted by Crippen LogP contribution is -2.06. The van der Waals surface area contributed by atoms with Crippen LogP contribution in [0.15, 0.2) is 24.3 Å². The normalized spacial score (nSPS) is 12.0. The lowest BCUT2D eigenvalue weighted by molar-refractivity contribution is -0.137. The number of aromatic hydroxyl groups is 1. The van der Waals surface area contributed by atoms with Crippen LogP contribution < -0.4 is 0 Å². The van der Waals surface area contributed by atoms with Crippen LogP contribution in [0.25, 0.3) is 10.9 Å². The molecule has 1 aromatic heterocycles. The topological polar surface area (TPSA) is 33.1 Å². The van der Waals surface area contributed by atoms with Gasteiger partial charge in [-0.05, 0) is 25.1 Å². The summed E-state index contributed by atoms with van der Waals surface area (Å²) in [5.74, 6) is -0.773. The lowest BCUT2D eigenvalue weighted by Gasteiger charge is -2.12. The molecule has 0 aliphatic heterocycles. The fourth-order valence-corrected chi connectivity index (χ4v) is 1.59. The van der Waals surface area contributed by atoms with Gasteiger partial charge in [0.25, 0.3) is 0 Å². The molecule has 0 saturated heterocycles. The summed E-state index contributed by atoms with van der Waals surface area (Å²) >= 11 is 0. The second-order valence-electron chi connectivity index (χ2n) is 3.48. The largest absolute Gasteiger partial charge is 0.507 e. The summed E-state index contributed by atoms with van der Waals surface area (Å²) in [4.78, 5) is 3.98. The van der Waals surface area contributed by atoms with Crippen molar-refractivity contribution >= 4 is 10.9 Å². The molecule has 1 N–H and O–H groups in total. The van der Waals surface area contributed by atoms with E-state index in [4.69, 9.17) is 0 Å². The monoisotopic (exact) mass is 227 g/mol. The molecule has 0 unspecified atom stereocenters. The molecule has 0 amide bonds. The fourth-order valence-electron chi connectivity index (χ4n) is 1.59. The van der Waals surface area contributed by atoms with Crippen LogP contribution in [0.1, 0.15) is 11.3 Å². The number of pyridine rings is 1. The Bertz CT molecular complexity index is 549. The summed E-state index contributed by atoms with van der Waals surface area (Å²) in [6.07, 6.45) is -4.58. The number of hydrogen-bond donors (Lipinski definition) is 1. The van der Waals surface area contributed by atoms with Gasteiger partial charge in [-0.25, -0.2) is 0 Å². The number of halogens is 3. The number of benzene rings is 1. The molecule has 2 rings (SSSR count). The van der Waals surface area contributed by atoms with E-state index in [1.165, 1.54) is 18.2 Å². The predicted octanol–water partition coefficient (Wildman–Crippen LogP) is 3.27. The average Bonchev–Trinajstić information content (AvgIpc) is 2.16. The summed E-state index contributed by atoms with van der Waals surface area (Å²) in [5, 5.41) is 9.18. The van der Waals surface area contributed by atoms with Crippen LogP contribution in [0.4, 0.5) is 13.2 Å². The summed E-state index contributed by atoms with van der Waals surface area (Å²) in [7, 11) is 0. The first-order valence-corrected chi connectivity index (χ1v) is 4.56. The van der Waals surface area contributed by atoms with Crippen molar-refractivity contribution in [2.24, 2.45) is 0 Å². The Labute approximate surface area is 89.4 Å². The Balaban J connectivity index is 2.85. The molecule has 1 aromatic carbocycles. The van der Waals surface area contributed by atoms with Crippen LogP contribution in [0.2, 0.25) is 0 Å². The van der Waals surface area contributed by atoms with Gasteiger partial charge in [-0.15, -0.1) is 0 Å². The number of phenolic OH excluding ortho intramolecular Hbond substituents is 1. The predicted molar refractivity (Wildman–Crippen MR) is 53.1 cm³/mol. The van der Waals surface area contributed by atoms with Gasteiger partial charge in [0, 0.05) is 11.1 Å². The zero-order chi connectivity index (χ0) is 11.9. The molecule has 0 spiro atoms. The molecular formula is C11H8F3NO. The third-order valence-corrected chi connectivity index (χ3v) is 2.27. The molecule has 0 bridgehead atoms. The van der Waals surface area contributed by atoms with Gasteiger partial charge in [0.15, 0.2) is 0 Å². The Kier molecular flexibility index (Phi) is 2.26. The van der Waals surface area contributed by atoms with Crippen LogP contribution in [-0.2, 0) is 6.18 Å². The van der Waals surface area contributed by atoms with Gasteiger partial charge in [-0.2, -0.15) is 13.2 Å². The summed E-state index contributed by atoms with van der Waals surface area (Å²) in [6, 6.07) is 5.18. The minimum Gasteiger partial charge on any atom is -0.507 e. The van der Waals surface area contributed by atoms with E-state index < -0.39 is 17.5 Å². The van der Waals surface area contributed by atoms with Crippen molar-refractivity contribution in [3.63, 3.8) is 0 Å². The third-order valence-electron chi connectivity index (χ3n) is 2.27. The smallest absolute Gasteiger partial charge is 0.420 e. The summed E-state index contributed by atoms with van der Waals surface area (Å²) in [5.41, 5.74) is -0.172. The third kappa shape index (κ3) is 1.68. The minimum atomic E-state index is -4.58. The van der Waals surface area contributed by atoms with Crippen molar-refractivity contribution in [1.82, 2.24) is 4.98 Å². The highest BCUT2D eigenvalue weighted by atomic mass is 19.4. The first-order chi connectivity index (χ1) is 7.39. The van der Waals surface area contributed by atoms with Crippen molar-refractivity contribution < 1.29 is 18.3 Å². The van der Waals surface area contributed by atoms with Gasteiger partial charge in [-0.3, -0.25) is 4.98 Å². The van der Waals surface area contributed by atoms with E-state index in [9.17, 15) is 18.3 Å². The molecule has 16 heavy (non-hydrogen) atoms. The van der Waals surface area contributed by atoms with E-state index >= 15 is 0 Å². The van der Waals surface area contributed by atoms with Gasteiger partial charge in [0.1, 0.15) is 11.3 Å². The maximum atomic E-state index is 12.7. The Morgan fingerprint density at radius 1 is 1.12 bits per heavy atom. The van der Waals surface area contributed by atoms with Gasteiger partial charge < -0.3 is 5.11 Å². The fraction of sp³-hybridized carbons (Fsp3) is 0.182. The molecule has 5 heteroatoms. The maximum Gasteiger partial charge on any atom is 0.420 e. The van der Waals surface area contributed by atoms with Crippen LogP contribution in [0, 0.1) is 6.92 Å². The van der Waals surface area contributed by atoms with Crippen LogP contribution >= 0.6 is 0 Å². The number of alkyl halides is 3. The zero-order valence-corrected chi connectivity index (χ0v) is 8.34. The van der Waals surface area contributed by atoms with Crippen molar-refractivity contribution in [2.45, 2.75) is 13.1 Å². The number of aromatic nitrogens is 1. The molecule has 0 saturated carbocycles. The first kappa shape index (κ1) is 10.7. The number of rotatable bonds is 0. The van der Waals surface area contributed by atoms with Gasteiger partial charge >= 0.3 is 6.18 Å². The second-order valence-corrected chi connectivity index (χ2v) is 3.48. The summed E-state index contributed by atoms with van der Waals surface area (Å²) < 4.78 is 38.1. The number of fused-ring (bicyclic) bond motifs is 1. The van der Waals surface area contributed by atoms with E-state index in [2.05, 4.69) is 4.98 Å². The van der Waals surface area contributed by atoms with Crippen LogP contribution in [0.5, 0.6) is 5.75 Å².